The van der Waals surface area contributed by atoms with Crippen molar-refractivity contribution >= 4 is 5.82 Å². The van der Waals surface area contributed by atoms with Gasteiger partial charge in [-0.25, -0.2) is 23.1 Å². The number of nitrogens with one attached hydrogen (secondary N) is 1. The Hall–Kier alpha value is -2.31. The first-order chi connectivity index (χ1) is 9.08. The van der Waals surface area contributed by atoms with Gasteiger partial charge in [0.25, 0.3) is 0 Å². The standard InChI is InChI=1S/C12H10F3N3O/c1-16-12-11(19-2)10(17-5-18-12)6-3-7(13)9(15)8(14)4-6/h3-5H,1-2H3,(H,16,17,18). The van der Waals surface area contributed by atoms with Crippen molar-refractivity contribution in [2.75, 3.05) is 19.5 Å². The fraction of sp³-hybridized carbons (Fsp3) is 0.167. The molecule has 0 atom stereocenters. The molecule has 1 aromatic carbocycles. The van der Waals surface area contributed by atoms with Gasteiger partial charge in [0.15, 0.2) is 29.0 Å². The van der Waals surface area contributed by atoms with Crippen LogP contribution in [0.2, 0.25) is 0 Å². The second kappa shape index (κ2) is 5.13. The monoisotopic (exact) mass is 269 g/mol. The molecule has 0 radical (unpaired) electrons. The Bertz CT molecular complexity index is 596. The topological polar surface area (TPSA) is 47.0 Å². The number of methoxy groups -OCH3 is 1. The molecule has 1 N–H and O–H groups in total. The van der Waals surface area contributed by atoms with Crippen LogP contribution in [-0.2, 0) is 0 Å². The van der Waals surface area contributed by atoms with E-state index in [1.807, 2.05) is 0 Å². The molecular weight excluding hydrogens is 259 g/mol. The molecule has 0 amide bonds. The summed E-state index contributed by atoms with van der Waals surface area (Å²) in [7, 11) is 2.99. The van der Waals surface area contributed by atoms with E-state index in [0.717, 1.165) is 12.1 Å². The van der Waals surface area contributed by atoms with Gasteiger partial charge in [0.1, 0.15) is 12.0 Å². The maximum Gasteiger partial charge on any atom is 0.194 e. The molecule has 7 heteroatoms. The Labute approximate surface area is 107 Å². The van der Waals surface area contributed by atoms with Crippen LogP contribution < -0.4 is 10.1 Å². The van der Waals surface area contributed by atoms with Crippen LogP contribution in [0.25, 0.3) is 11.3 Å². The molecule has 4 nitrogen and oxygen atoms in total. The van der Waals surface area contributed by atoms with Gasteiger partial charge in [-0.1, -0.05) is 0 Å². The van der Waals surface area contributed by atoms with E-state index in [4.69, 9.17) is 4.74 Å². The molecule has 100 valence electrons. The zero-order chi connectivity index (χ0) is 14.0. The highest BCUT2D eigenvalue weighted by molar-refractivity contribution is 5.72. The number of ether oxygens (including phenoxy) is 1. The second-order valence-corrected chi connectivity index (χ2v) is 3.61. The molecular formula is C12H10F3N3O. The Morgan fingerprint density at radius 2 is 1.74 bits per heavy atom. The molecule has 0 bridgehead atoms. The number of halogens is 3. The van der Waals surface area contributed by atoms with Crippen molar-refractivity contribution in [1.29, 1.82) is 0 Å². The summed E-state index contributed by atoms with van der Waals surface area (Å²) in [5, 5.41) is 2.76. The van der Waals surface area contributed by atoms with Crippen LogP contribution in [0.4, 0.5) is 19.0 Å². The summed E-state index contributed by atoms with van der Waals surface area (Å²) in [5.41, 5.74) is 0.229. The van der Waals surface area contributed by atoms with Gasteiger partial charge in [-0.15, -0.1) is 0 Å². The van der Waals surface area contributed by atoms with Gasteiger partial charge in [-0.3, -0.25) is 0 Å². The Morgan fingerprint density at radius 1 is 1.11 bits per heavy atom. The number of rotatable bonds is 3. The van der Waals surface area contributed by atoms with Crippen molar-refractivity contribution < 1.29 is 17.9 Å². The van der Waals surface area contributed by atoms with Gasteiger partial charge in [0, 0.05) is 12.6 Å². The first-order valence-electron chi connectivity index (χ1n) is 5.30. The lowest BCUT2D eigenvalue weighted by Gasteiger charge is -2.11. The Kier molecular flexibility index (Phi) is 3.55. The summed E-state index contributed by atoms with van der Waals surface area (Å²) in [6.07, 6.45) is 1.21. The zero-order valence-corrected chi connectivity index (χ0v) is 10.2. The molecule has 0 spiro atoms. The van der Waals surface area contributed by atoms with E-state index in [1.54, 1.807) is 7.05 Å². The average molecular weight is 269 g/mol. The minimum atomic E-state index is -1.52. The van der Waals surface area contributed by atoms with Crippen molar-refractivity contribution in [2.45, 2.75) is 0 Å². The highest BCUT2D eigenvalue weighted by Crippen LogP contribution is 2.33. The van der Waals surface area contributed by atoms with Crippen molar-refractivity contribution in [3.63, 3.8) is 0 Å². The number of benzene rings is 1. The Balaban J connectivity index is 2.65. The van der Waals surface area contributed by atoms with Crippen LogP contribution in [-0.4, -0.2) is 24.1 Å². The lowest BCUT2D eigenvalue weighted by Crippen LogP contribution is -2.01. The summed E-state index contributed by atoms with van der Waals surface area (Å²) < 4.78 is 44.5. The minimum absolute atomic E-state index is 0.0622. The molecule has 1 aromatic heterocycles. The number of aromatic nitrogens is 2. The van der Waals surface area contributed by atoms with Gasteiger partial charge < -0.3 is 10.1 Å². The summed E-state index contributed by atoms with van der Waals surface area (Å²) in [6, 6.07) is 1.70. The molecule has 1 heterocycles. The molecule has 2 aromatic rings. The first-order valence-corrected chi connectivity index (χ1v) is 5.30. The van der Waals surface area contributed by atoms with E-state index in [2.05, 4.69) is 15.3 Å². The van der Waals surface area contributed by atoms with Crippen LogP contribution in [0.3, 0.4) is 0 Å². The fourth-order valence-corrected chi connectivity index (χ4v) is 1.64. The lowest BCUT2D eigenvalue weighted by atomic mass is 10.1. The fourth-order valence-electron chi connectivity index (χ4n) is 1.64. The van der Waals surface area contributed by atoms with Crippen LogP contribution in [0.5, 0.6) is 5.75 Å². The number of anilines is 1. The van der Waals surface area contributed by atoms with E-state index in [-0.39, 0.29) is 17.0 Å². The van der Waals surface area contributed by atoms with Crippen LogP contribution in [0, 0.1) is 17.5 Å². The van der Waals surface area contributed by atoms with Gasteiger partial charge in [-0.05, 0) is 12.1 Å². The number of hydrogen-bond donors (Lipinski definition) is 1. The molecule has 0 aliphatic rings. The van der Waals surface area contributed by atoms with E-state index >= 15 is 0 Å². The smallest absolute Gasteiger partial charge is 0.194 e. The van der Waals surface area contributed by atoms with E-state index in [9.17, 15) is 13.2 Å². The Morgan fingerprint density at radius 3 is 2.26 bits per heavy atom. The van der Waals surface area contributed by atoms with Crippen LogP contribution >= 0.6 is 0 Å². The molecule has 0 saturated heterocycles. The van der Waals surface area contributed by atoms with Crippen molar-refractivity contribution in [2.24, 2.45) is 0 Å². The molecule has 0 aliphatic carbocycles. The van der Waals surface area contributed by atoms with Crippen LogP contribution in [0.1, 0.15) is 0 Å². The summed E-state index contributed by atoms with van der Waals surface area (Å²) in [6.45, 7) is 0. The SMILES string of the molecule is CNc1ncnc(-c2cc(F)c(F)c(F)c2)c1OC. The van der Waals surface area contributed by atoms with E-state index in [0.29, 0.717) is 5.82 Å². The maximum atomic E-state index is 13.2. The van der Waals surface area contributed by atoms with Gasteiger partial charge >= 0.3 is 0 Å². The van der Waals surface area contributed by atoms with Gasteiger partial charge in [0.2, 0.25) is 0 Å². The van der Waals surface area contributed by atoms with Crippen molar-refractivity contribution in [3.8, 4) is 17.0 Å². The lowest BCUT2D eigenvalue weighted by molar-refractivity contribution is 0.414. The van der Waals surface area contributed by atoms with E-state index < -0.39 is 17.5 Å². The molecule has 0 saturated carbocycles. The normalized spacial score (nSPS) is 10.4. The molecule has 0 unspecified atom stereocenters. The highest BCUT2D eigenvalue weighted by atomic mass is 19.2. The number of hydrogen-bond acceptors (Lipinski definition) is 4. The number of nitrogens with zero attached hydrogens (tertiary/aromatic N) is 2. The molecule has 0 aliphatic heterocycles. The van der Waals surface area contributed by atoms with Crippen molar-refractivity contribution in [3.05, 3.63) is 35.9 Å². The highest BCUT2D eigenvalue weighted by Gasteiger charge is 2.17. The third-order valence-corrected chi connectivity index (χ3v) is 2.50. The average Bonchev–Trinajstić information content (AvgIpc) is 2.43. The quantitative estimate of drug-likeness (QED) is 0.870. The van der Waals surface area contributed by atoms with Crippen molar-refractivity contribution in [1.82, 2.24) is 9.97 Å². The third kappa shape index (κ3) is 2.31. The molecule has 0 fully saturated rings. The summed E-state index contributed by atoms with van der Waals surface area (Å²) in [4.78, 5) is 7.82. The summed E-state index contributed by atoms with van der Waals surface area (Å²) >= 11 is 0. The maximum absolute atomic E-state index is 13.2. The minimum Gasteiger partial charge on any atom is -0.491 e. The predicted octanol–water partition coefficient (Wildman–Crippen LogP) is 2.61. The molecule has 19 heavy (non-hydrogen) atoms. The van der Waals surface area contributed by atoms with Gasteiger partial charge in [-0.2, -0.15) is 0 Å². The van der Waals surface area contributed by atoms with E-state index in [1.165, 1.54) is 13.4 Å². The third-order valence-electron chi connectivity index (χ3n) is 2.50. The van der Waals surface area contributed by atoms with Crippen LogP contribution in [0.15, 0.2) is 18.5 Å². The predicted molar refractivity (Wildman–Crippen MR) is 63.4 cm³/mol. The summed E-state index contributed by atoms with van der Waals surface area (Å²) in [5.74, 6) is -3.53. The largest absolute Gasteiger partial charge is 0.491 e. The first kappa shape index (κ1) is 13.1. The second-order valence-electron chi connectivity index (χ2n) is 3.61. The zero-order valence-electron chi connectivity index (χ0n) is 10.2. The molecule has 2 rings (SSSR count). The van der Waals surface area contributed by atoms with Gasteiger partial charge in [0.05, 0.1) is 7.11 Å².